The number of benzene rings is 1. The van der Waals surface area contributed by atoms with E-state index in [-0.39, 0.29) is 22.7 Å². The molecule has 0 fully saturated rings. The number of amides is 1. The van der Waals surface area contributed by atoms with Gasteiger partial charge in [-0.1, -0.05) is 23.9 Å². The average Bonchev–Trinajstić information content (AvgIpc) is 2.53. The van der Waals surface area contributed by atoms with Crippen molar-refractivity contribution in [1.82, 2.24) is 5.32 Å². The van der Waals surface area contributed by atoms with Crippen molar-refractivity contribution in [1.29, 1.82) is 0 Å². The van der Waals surface area contributed by atoms with Crippen molar-refractivity contribution >= 4 is 39.9 Å². The number of esters is 1. The number of methoxy groups -OCH3 is 1. The van der Waals surface area contributed by atoms with Crippen LogP contribution in [0.2, 0.25) is 0 Å². The molecule has 9 heteroatoms. The van der Waals surface area contributed by atoms with Crippen molar-refractivity contribution in [2.24, 2.45) is 4.99 Å². The normalized spacial score (nSPS) is 17.1. The predicted octanol–water partition coefficient (Wildman–Crippen LogP) is 2.11. The number of hydrogen-bond acceptors (Lipinski definition) is 7. The van der Waals surface area contributed by atoms with Gasteiger partial charge in [-0.25, -0.2) is 4.79 Å². The second-order valence-corrected chi connectivity index (χ2v) is 5.95. The van der Waals surface area contributed by atoms with Gasteiger partial charge >= 0.3 is 5.97 Å². The van der Waals surface area contributed by atoms with Crippen molar-refractivity contribution in [2.75, 3.05) is 7.11 Å². The summed E-state index contributed by atoms with van der Waals surface area (Å²) >= 11 is 1.05. The van der Waals surface area contributed by atoms with Crippen LogP contribution >= 0.6 is 11.8 Å². The lowest BCUT2D eigenvalue weighted by Crippen LogP contribution is -2.32. The first kappa shape index (κ1) is 17.7. The molecule has 0 aliphatic carbocycles. The molecule has 1 unspecified atom stereocenters. The van der Waals surface area contributed by atoms with Gasteiger partial charge in [-0.2, -0.15) is 0 Å². The Labute approximate surface area is 142 Å². The van der Waals surface area contributed by atoms with Crippen LogP contribution in [0.4, 0.5) is 5.69 Å². The van der Waals surface area contributed by atoms with Crippen LogP contribution in [0.25, 0.3) is 4.91 Å². The van der Waals surface area contributed by atoms with Crippen molar-refractivity contribution < 1.29 is 19.2 Å². The van der Waals surface area contributed by atoms with Gasteiger partial charge in [0.25, 0.3) is 5.69 Å². The maximum absolute atomic E-state index is 12.1. The van der Waals surface area contributed by atoms with Crippen LogP contribution in [0.15, 0.2) is 34.8 Å². The summed E-state index contributed by atoms with van der Waals surface area (Å²) < 4.78 is 4.78. The highest BCUT2D eigenvalue weighted by molar-refractivity contribution is 8.09. The van der Waals surface area contributed by atoms with E-state index in [1.54, 1.807) is 25.1 Å². The number of nitro groups is 1. The van der Waals surface area contributed by atoms with Crippen LogP contribution in [-0.4, -0.2) is 35.1 Å². The second kappa shape index (κ2) is 7.26. The van der Waals surface area contributed by atoms with E-state index in [9.17, 15) is 19.7 Å². The molecule has 0 saturated carbocycles. The van der Waals surface area contributed by atoms with Crippen molar-refractivity contribution in [3.63, 3.8) is 0 Å². The van der Waals surface area contributed by atoms with Gasteiger partial charge in [-0.15, -0.1) is 0 Å². The summed E-state index contributed by atoms with van der Waals surface area (Å²) in [6, 6.07) is 6.08. The molecule has 1 atom stereocenters. The largest absolute Gasteiger partial charge is 0.465 e. The molecule has 0 aromatic heterocycles. The molecule has 0 spiro atoms. The topological polar surface area (TPSA) is 111 Å². The number of carbonyl (C=O) groups excluding carboxylic acids is 2. The zero-order chi connectivity index (χ0) is 17.9. The van der Waals surface area contributed by atoms with Gasteiger partial charge in [0.15, 0.2) is 5.50 Å². The molecular weight excluding hydrogens is 334 g/mol. The molecule has 1 aromatic carbocycles. The number of nitrogens with one attached hydrogen (secondary N) is 1. The third-order valence-corrected chi connectivity index (χ3v) is 4.30. The van der Waals surface area contributed by atoms with E-state index in [0.717, 1.165) is 11.8 Å². The number of ether oxygens (including phenoxy) is 1. The first-order valence-electron chi connectivity index (χ1n) is 6.90. The molecule has 2 rings (SSSR count). The Hall–Kier alpha value is -2.68. The van der Waals surface area contributed by atoms with Gasteiger partial charge in [0.05, 0.1) is 28.9 Å². The summed E-state index contributed by atoms with van der Waals surface area (Å²) in [7, 11) is 1.23. The number of hydrogen-bond donors (Lipinski definition) is 1. The SMILES string of the molecule is COC(=O)C1=C(c2ccccc2[N+](=O)[O-])SC(NC(C)=O)N=C1C. The Balaban J connectivity index is 2.63. The number of nitrogens with zero attached hydrogens (tertiary/aromatic N) is 2. The highest BCUT2D eigenvalue weighted by atomic mass is 32.2. The molecule has 0 radical (unpaired) electrons. The molecule has 24 heavy (non-hydrogen) atoms. The fourth-order valence-corrected chi connectivity index (χ4v) is 3.51. The van der Waals surface area contributed by atoms with Crippen LogP contribution in [0, 0.1) is 10.1 Å². The van der Waals surface area contributed by atoms with E-state index in [4.69, 9.17) is 4.74 Å². The Bertz CT molecular complexity index is 772. The maximum Gasteiger partial charge on any atom is 0.340 e. The van der Waals surface area contributed by atoms with E-state index in [1.807, 2.05) is 0 Å². The van der Waals surface area contributed by atoms with Gasteiger partial charge in [0.1, 0.15) is 0 Å². The minimum absolute atomic E-state index is 0.141. The van der Waals surface area contributed by atoms with E-state index in [0.29, 0.717) is 10.6 Å². The summed E-state index contributed by atoms with van der Waals surface area (Å²) in [5.41, 5.74) is -0.0493. The Morgan fingerprint density at radius 1 is 1.38 bits per heavy atom. The number of aliphatic imine (C=N–C) groups is 1. The fourth-order valence-electron chi connectivity index (χ4n) is 2.20. The maximum atomic E-state index is 12.1. The number of carbonyl (C=O) groups is 2. The van der Waals surface area contributed by atoms with E-state index in [2.05, 4.69) is 10.3 Å². The molecule has 1 heterocycles. The lowest BCUT2D eigenvalue weighted by molar-refractivity contribution is -0.385. The van der Waals surface area contributed by atoms with Crippen LogP contribution in [0.1, 0.15) is 19.4 Å². The lowest BCUT2D eigenvalue weighted by Gasteiger charge is -2.23. The quantitative estimate of drug-likeness (QED) is 0.506. The zero-order valence-electron chi connectivity index (χ0n) is 13.2. The molecule has 1 amide bonds. The minimum Gasteiger partial charge on any atom is -0.465 e. The molecule has 1 aromatic rings. The summed E-state index contributed by atoms with van der Waals surface area (Å²) in [6.07, 6.45) is 0. The van der Waals surface area contributed by atoms with Crippen LogP contribution in [0.3, 0.4) is 0 Å². The number of thioether (sulfide) groups is 1. The average molecular weight is 349 g/mol. The van der Waals surface area contributed by atoms with Gasteiger partial charge in [-0.3, -0.25) is 19.9 Å². The van der Waals surface area contributed by atoms with Crippen molar-refractivity contribution in [3.05, 3.63) is 45.5 Å². The molecule has 8 nitrogen and oxygen atoms in total. The number of rotatable bonds is 4. The number of nitro benzene ring substituents is 1. The first-order valence-corrected chi connectivity index (χ1v) is 7.78. The standard InChI is InChI=1S/C15H15N3O5S/c1-8-12(14(20)23-3)13(24-15(16-8)17-9(2)19)10-6-4-5-7-11(10)18(21)22/h4-7,15H,1-3H3,(H,17,19). The van der Waals surface area contributed by atoms with Crippen molar-refractivity contribution in [3.8, 4) is 0 Å². The van der Waals surface area contributed by atoms with Crippen LogP contribution in [0.5, 0.6) is 0 Å². The fraction of sp³-hybridized carbons (Fsp3) is 0.267. The van der Waals surface area contributed by atoms with E-state index >= 15 is 0 Å². The summed E-state index contributed by atoms with van der Waals surface area (Å²) in [5.74, 6) is -0.939. The Kier molecular flexibility index (Phi) is 5.35. The third kappa shape index (κ3) is 3.62. The first-order chi connectivity index (χ1) is 11.3. The molecule has 1 N–H and O–H groups in total. The summed E-state index contributed by atoms with van der Waals surface area (Å²) in [6.45, 7) is 2.94. The summed E-state index contributed by atoms with van der Waals surface area (Å²) in [4.78, 5) is 38.8. The van der Waals surface area contributed by atoms with E-state index in [1.165, 1.54) is 20.1 Å². The third-order valence-electron chi connectivity index (χ3n) is 3.19. The highest BCUT2D eigenvalue weighted by Crippen LogP contribution is 2.41. The van der Waals surface area contributed by atoms with Crippen molar-refractivity contribution in [2.45, 2.75) is 19.3 Å². The van der Waals surface area contributed by atoms with Gasteiger partial charge in [0.2, 0.25) is 5.91 Å². The zero-order valence-corrected chi connectivity index (χ0v) is 14.0. The molecule has 1 aliphatic rings. The summed E-state index contributed by atoms with van der Waals surface area (Å²) in [5, 5.41) is 13.9. The molecule has 0 saturated heterocycles. The highest BCUT2D eigenvalue weighted by Gasteiger charge is 2.31. The number of para-hydroxylation sites is 1. The van der Waals surface area contributed by atoms with Crippen LogP contribution < -0.4 is 5.32 Å². The van der Waals surface area contributed by atoms with Crippen LogP contribution in [-0.2, 0) is 14.3 Å². The predicted molar refractivity (Wildman–Crippen MR) is 90.3 cm³/mol. The van der Waals surface area contributed by atoms with E-state index < -0.39 is 16.4 Å². The minimum atomic E-state index is -0.675. The molecule has 1 aliphatic heterocycles. The Morgan fingerprint density at radius 3 is 2.62 bits per heavy atom. The molecule has 126 valence electrons. The monoisotopic (exact) mass is 349 g/mol. The van der Waals surface area contributed by atoms with Gasteiger partial charge in [-0.05, 0) is 13.0 Å². The lowest BCUT2D eigenvalue weighted by atomic mass is 10.1. The van der Waals surface area contributed by atoms with Gasteiger partial charge < -0.3 is 10.1 Å². The smallest absolute Gasteiger partial charge is 0.340 e. The Morgan fingerprint density at radius 2 is 2.04 bits per heavy atom. The molecular formula is C15H15N3O5S. The second-order valence-electron chi connectivity index (χ2n) is 4.86. The molecule has 0 bridgehead atoms. The van der Waals surface area contributed by atoms with Gasteiger partial charge in [0, 0.05) is 17.9 Å².